The Morgan fingerprint density at radius 1 is 1.17 bits per heavy atom. The zero-order valence-electron chi connectivity index (χ0n) is 12.7. The number of carbonyl (C=O) groups is 2. The zero-order chi connectivity index (χ0) is 18.0. The number of carboxylic acid groups (broad SMARTS) is 1. The fourth-order valence-electron chi connectivity index (χ4n) is 2.90. The van der Waals surface area contributed by atoms with E-state index in [1.165, 1.54) is 0 Å². The number of aliphatic carboxylic acids is 1. The van der Waals surface area contributed by atoms with E-state index in [2.05, 4.69) is 5.32 Å². The van der Waals surface area contributed by atoms with Crippen LogP contribution in [0.4, 0.5) is 8.78 Å². The first-order chi connectivity index (χ1) is 11.2. The van der Waals surface area contributed by atoms with Crippen LogP contribution in [0.15, 0.2) is 29.2 Å². The van der Waals surface area contributed by atoms with Gasteiger partial charge in [0.25, 0.3) is 5.91 Å². The van der Waals surface area contributed by atoms with Gasteiger partial charge in [0.2, 0.25) is 9.84 Å². The lowest BCUT2D eigenvalue weighted by Gasteiger charge is -2.28. The number of rotatable bonds is 6. The van der Waals surface area contributed by atoms with Gasteiger partial charge in [-0.25, -0.2) is 8.42 Å². The number of amides is 1. The van der Waals surface area contributed by atoms with Crippen LogP contribution in [-0.4, -0.2) is 36.7 Å². The Bertz CT molecular complexity index is 725. The number of alkyl halides is 2. The van der Waals surface area contributed by atoms with Gasteiger partial charge in [-0.15, -0.1) is 0 Å². The summed E-state index contributed by atoms with van der Waals surface area (Å²) in [6.07, 6.45) is 2.50. The summed E-state index contributed by atoms with van der Waals surface area (Å²) in [6, 6.07) is 4.14. The molecule has 2 rings (SSSR count). The molecule has 1 aromatic carbocycles. The van der Waals surface area contributed by atoms with Gasteiger partial charge < -0.3 is 10.4 Å². The lowest BCUT2D eigenvalue weighted by molar-refractivity contribution is -0.138. The molecule has 1 amide bonds. The average molecular weight is 361 g/mol. The van der Waals surface area contributed by atoms with Crippen molar-refractivity contribution in [1.29, 1.82) is 0 Å². The van der Waals surface area contributed by atoms with Crippen LogP contribution in [0, 0.1) is 0 Å². The van der Waals surface area contributed by atoms with Crippen molar-refractivity contribution in [2.45, 2.75) is 48.3 Å². The molecule has 0 aliphatic heterocycles. The van der Waals surface area contributed by atoms with Gasteiger partial charge in [-0.1, -0.05) is 12.8 Å². The van der Waals surface area contributed by atoms with Crippen LogP contribution in [0.25, 0.3) is 0 Å². The minimum absolute atomic E-state index is 0.0832. The van der Waals surface area contributed by atoms with Crippen LogP contribution < -0.4 is 5.32 Å². The highest BCUT2D eigenvalue weighted by Gasteiger charge is 2.37. The van der Waals surface area contributed by atoms with Crippen LogP contribution in [-0.2, 0) is 14.6 Å². The van der Waals surface area contributed by atoms with E-state index in [1.54, 1.807) is 0 Å². The van der Waals surface area contributed by atoms with Crippen LogP contribution in [0.5, 0.6) is 0 Å². The van der Waals surface area contributed by atoms with Crippen molar-refractivity contribution >= 4 is 21.7 Å². The van der Waals surface area contributed by atoms with Gasteiger partial charge in [-0.05, 0) is 37.1 Å². The molecule has 0 bridgehead atoms. The molecule has 24 heavy (non-hydrogen) atoms. The summed E-state index contributed by atoms with van der Waals surface area (Å²) in [5.41, 5.74) is -0.740. The number of sulfone groups is 1. The van der Waals surface area contributed by atoms with Crippen LogP contribution in [0.1, 0.15) is 42.5 Å². The van der Waals surface area contributed by atoms with Gasteiger partial charge in [0, 0.05) is 5.56 Å². The lowest BCUT2D eigenvalue weighted by Crippen LogP contribution is -2.47. The molecular weight excluding hydrogens is 344 g/mol. The summed E-state index contributed by atoms with van der Waals surface area (Å²) in [5.74, 6) is -5.11. The molecule has 1 aliphatic rings. The van der Waals surface area contributed by atoms with Crippen LogP contribution >= 0.6 is 0 Å². The molecule has 1 saturated carbocycles. The molecule has 0 heterocycles. The maximum atomic E-state index is 12.5. The van der Waals surface area contributed by atoms with Crippen molar-refractivity contribution in [2.75, 3.05) is 0 Å². The zero-order valence-corrected chi connectivity index (χ0v) is 13.5. The molecule has 1 fully saturated rings. The van der Waals surface area contributed by atoms with E-state index in [0.29, 0.717) is 12.8 Å². The van der Waals surface area contributed by atoms with Crippen molar-refractivity contribution in [3.8, 4) is 0 Å². The topological polar surface area (TPSA) is 101 Å². The van der Waals surface area contributed by atoms with Crippen molar-refractivity contribution in [1.82, 2.24) is 5.32 Å². The standard InChI is InChI=1S/C15H17F2NO5S/c16-14(17)24(22,23)11-5-3-10(4-6-11)13(21)18-15(9-12(19)20)7-1-2-8-15/h3-6,14H,1-2,7-9H2,(H,18,21)(H,19,20). The third-order valence-corrected chi connectivity index (χ3v) is 5.51. The molecule has 9 heteroatoms. The van der Waals surface area contributed by atoms with Crippen molar-refractivity contribution in [3.05, 3.63) is 29.8 Å². The van der Waals surface area contributed by atoms with Crippen molar-refractivity contribution in [3.63, 3.8) is 0 Å². The molecule has 0 radical (unpaired) electrons. The summed E-state index contributed by atoms with van der Waals surface area (Å²) >= 11 is 0. The molecule has 6 nitrogen and oxygen atoms in total. The Morgan fingerprint density at radius 2 is 1.71 bits per heavy atom. The number of benzene rings is 1. The van der Waals surface area contributed by atoms with Crippen molar-refractivity contribution in [2.24, 2.45) is 0 Å². The van der Waals surface area contributed by atoms with E-state index in [0.717, 1.165) is 37.1 Å². The fraction of sp³-hybridized carbons (Fsp3) is 0.467. The molecule has 0 spiro atoms. The summed E-state index contributed by atoms with van der Waals surface area (Å²) in [6.45, 7) is 0. The van der Waals surface area contributed by atoms with E-state index >= 15 is 0 Å². The molecule has 1 aliphatic carbocycles. The largest absolute Gasteiger partial charge is 0.481 e. The predicted molar refractivity (Wildman–Crippen MR) is 80.5 cm³/mol. The van der Waals surface area contributed by atoms with Gasteiger partial charge in [-0.3, -0.25) is 9.59 Å². The number of halogens is 2. The summed E-state index contributed by atoms with van der Waals surface area (Å²) in [4.78, 5) is 22.7. The Kier molecular flexibility index (Phi) is 5.22. The number of carboxylic acids is 1. The maximum Gasteiger partial charge on any atom is 0.341 e. The SMILES string of the molecule is O=C(O)CC1(NC(=O)c2ccc(S(=O)(=O)C(F)F)cc2)CCCC1. The normalized spacial score (nSPS) is 17.0. The highest BCUT2D eigenvalue weighted by Crippen LogP contribution is 2.33. The van der Waals surface area contributed by atoms with E-state index in [-0.39, 0.29) is 12.0 Å². The number of nitrogens with one attached hydrogen (secondary N) is 1. The molecule has 132 valence electrons. The van der Waals surface area contributed by atoms with Gasteiger partial charge in [0.1, 0.15) is 0 Å². The van der Waals surface area contributed by atoms with E-state index in [4.69, 9.17) is 5.11 Å². The third-order valence-electron chi connectivity index (χ3n) is 4.11. The number of carbonyl (C=O) groups excluding carboxylic acids is 1. The highest BCUT2D eigenvalue weighted by molar-refractivity contribution is 7.91. The third kappa shape index (κ3) is 3.89. The second-order valence-corrected chi connectivity index (χ2v) is 7.76. The summed E-state index contributed by atoms with van der Waals surface area (Å²) in [5, 5.41) is 11.7. The quantitative estimate of drug-likeness (QED) is 0.809. The molecule has 2 N–H and O–H groups in total. The molecule has 0 atom stereocenters. The maximum absolute atomic E-state index is 12.5. The van der Waals surface area contributed by atoms with E-state index < -0.39 is 37.9 Å². The van der Waals surface area contributed by atoms with Gasteiger partial charge in [-0.2, -0.15) is 8.78 Å². The fourth-order valence-corrected chi connectivity index (χ4v) is 3.62. The van der Waals surface area contributed by atoms with E-state index in [9.17, 15) is 26.8 Å². The Labute approximate surface area is 137 Å². The minimum atomic E-state index is -4.71. The lowest BCUT2D eigenvalue weighted by atomic mass is 9.92. The molecule has 0 unspecified atom stereocenters. The Hall–Kier alpha value is -2.03. The average Bonchev–Trinajstić information content (AvgIpc) is 2.94. The monoisotopic (exact) mass is 361 g/mol. The Morgan fingerprint density at radius 3 is 2.17 bits per heavy atom. The van der Waals surface area contributed by atoms with Gasteiger partial charge in [0.15, 0.2) is 0 Å². The summed E-state index contributed by atoms with van der Waals surface area (Å²) < 4.78 is 47.7. The first-order valence-corrected chi connectivity index (χ1v) is 8.87. The first kappa shape index (κ1) is 18.3. The number of hydrogen-bond acceptors (Lipinski definition) is 4. The second kappa shape index (κ2) is 6.84. The minimum Gasteiger partial charge on any atom is -0.481 e. The number of hydrogen-bond donors (Lipinski definition) is 2. The van der Waals surface area contributed by atoms with Crippen LogP contribution in [0.3, 0.4) is 0 Å². The molecular formula is C15H17F2NO5S. The highest BCUT2D eigenvalue weighted by atomic mass is 32.2. The van der Waals surface area contributed by atoms with Crippen LogP contribution in [0.2, 0.25) is 0 Å². The van der Waals surface area contributed by atoms with Crippen molar-refractivity contribution < 1.29 is 31.9 Å². The first-order valence-electron chi connectivity index (χ1n) is 7.33. The predicted octanol–water partition coefficient (Wildman–Crippen LogP) is 2.20. The second-order valence-electron chi connectivity index (χ2n) is 5.84. The Balaban J connectivity index is 2.17. The molecule has 1 aromatic rings. The van der Waals surface area contributed by atoms with E-state index in [1.807, 2.05) is 0 Å². The van der Waals surface area contributed by atoms with Gasteiger partial charge in [0.05, 0.1) is 16.9 Å². The summed E-state index contributed by atoms with van der Waals surface area (Å²) in [7, 11) is -4.71. The smallest absolute Gasteiger partial charge is 0.341 e. The molecule has 0 saturated heterocycles. The van der Waals surface area contributed by atoms with Gasteiger partial charge >= 0.3 is 11.7 Å². The molecule has 0 aromatic heterocycles.